The summed E-state index contributed by atoms with van der Waals surface area (Å²) in [5.41, 5.74) is -0.875. The van der Waals surface area contributed by atoms with Crippen LogP contribution in [0.3, 0.4) is 0 Å². The van der Waals surface area contributed by atoms with Gasteiger partial charge in [0, 0.05) is 19.6 Å². The van der Waals surface area contributed by atoms with E-state index in [0.717, 1.165) is 19.0 Å². The summed E-state index contributed by atoms with van der Waals surface area (Å²) in [6.07, 6.45) is -4.66. The summed E-state index contributed by atoms with van der Waals surface area (Å²) < 4.78 is 44.0. The maximum absolute atomic E-state index is 12.9. The molecule has 1 amide bonds. The number of nitrogens with zero attached hydrogens (tertiary/aromatic N) is 1. The van der Waals surface area contributed by atoms with E-state index in [2.05, 4.69) is 5.32 Å². The van der Waals surface area contributed by atoms with Crippen molar-refractivity contribution in [2.45, 2.75) is 31.7 Å². The Morgan fingerprint density at radius 1 is 1.41 bits per heavy atom. The van der Waals surface area contributed by atoms with E-state index in [1.165, 1.54) is 25.1 Å². The first-order valence-corrected chi connectivity index (χ1v) is 7.11. The highest BCUT2D eigenvalue weighted by Gasteiger charge is 2.35. The molecule has 0 saturated carbocycles. The Kier molecular flexibility index (Phi) is 4.95. The third kappa shape index (κ3) is 3.71. The zero-order chi connectivity index (χ0) is 16.3. The molecule has 1 N–H and O–H groups in total. The van der Waals surface area contributed by atoms with E-state index >= 15 is 0 Å². The smallest absolute Gasteiger partial charge is 0.419 e. The number of alkyl halides is 3. The molecule has 1 heterocycles. The van der Waals surface area contributed by atoms with Crippen molar-refractivity contribution < 1.29 is 22.7 Å². The van der Waals surface area contributed by atoms with Gasteiger partial charge in [0.05, 0.1) is 5.56 Å². The van der Waals surface area contributed by atoms with Gasteiger partial charge in [-0.1, -0.05) is 12.1 Å². The predicted octanol–water partition coefficient (Wildman–Crippen LogP) is 2.29. The van der Waals surface area contributed by atoms with Crippen molar-refractivity contribution in [1.82, 2.24) is 10.2 Å². The van der Waals surface area contributed by atoms with E-state index in [9.17, 15) is 18.0 Å². The van der Waals surface area contributed by atoms with Crippen LogP contribution >= 0.6 is 0 Å². The van der Waals surface area contributed by atoms with Gasteiger partial charge in [0.15, 0.2) is 6.10 Å². The normalized spacial score (nSPS) is 19.8. The molecule has 7 heteroatoms. The first kappa shape index (κ1) is 16.6. The molecule has 1 aromatic carbocycles. The lowest BCUT2D eigenvalue weighted by atomic mass is 10.2. The average Bonchev–Trinajstić information content (AvgIpc) is 2.99. The number of benzene rings is 1. The number of nitrogens with one attached hydrogen (secondary N) is 1. The topological polar surface area (TPSA) is 41.6 Å². The molecule has 0 aromatic heterocycles. The summed E-state index contributed by atoms with van der Waals surface area (Å²) in [6, 6.07) is 4.96. The van der Waals surface area contributed by atoms with E-state index in [1.807, 2.05) is 0 Å². The van der Waals surface area contributed by atoms with Crippen molar-refractivity contribution in [2.75, 3.05) is 20.1 Å². The maximum Gasteiger partial charge on any atom is 0.419 e. The van der Waals surface area contributed by atoms with Crippen LogP contribution in [-0.2, 0) is 11.0 Å². The summed E-state index contributed by atoms with van der Waals surface area (Å²) in [5, 5.41) is 3.14. The van der Waals surface area contributed by atoms with Gasteiger partial charge in [-0.2, -0.15) is 13.2 Å². The number of para-hydroxylation sites is 1. The highest BCUT2D eigenvalue weighted by Crippen LogP contribution is 2.36. The number of rotatable bonds is 4. The highest BCUT2D eigenvalue weighted by molar-refractivity contribution is 5.81. The fourth-order valence-corrected chi connectivity index (χ4v) is 2.48. The molecule has 2 unspecified atom stereocenters. The molecule has 2 rings (SSSR count). The molecule has 0 aliphatic carbocycles. The third-order valence-corrected chi connectivity index (χ3v) is 3.77. The summed E-state index contributed by atoms with van der Waals surface area (Å²) in [6.45, 7) is 2.98. The Hall–Kier alpha value is -1.76. The van der Waals surface area contributed by atoms with Crippen LogP contribution in [0.2, 0.25) is 0 Å². The number of hydrogen-bond donors (Lipinski definition) is 1. The first-order chi connectivity index (χ1) is 10.3. The number of carbonyl (C=O) groups excluding carboxylic acids is 1. The van der Waals surface area contributed by atoms with Gasteiger partial charge >= 0.3 is 6.18 Å². The minimum atomic E-state index is -4.51. The lowest BCUT2D eigenvalue weighted by molar-refractivity contribution is -0.143. The predicted molar refractivity (Wildman–Crippen MR) is 75.6 cm³/mol. The van der Waals surface area contributed by atoms with Gasteiger partial charge in [0.25, 0.3) is 5.91 Å². The number of hydrogen-bond acceptors (Lipinski definition) is 3. The SMILES string of the molecule is CC(Oc1ccccc1C(F)(F)F)C(=O)N(C)C1CCNC1. The standard InChI is InChI=1S/C15H19F3N2O2/c1-10(14(21)20(2)11-7-8-19-9-11)22-13-6-4-3-5-12(13)15(16,17)18/h3-6,10-11,19H,7-9H2,1-2H3. The minimum Gasteiger partial charge on any atom is -0.480 e. The Bertz CT molecular complexity index is 528. The number of halogens is 3. The number of ether oxygens (including phenoxy) is 1. The van der Waals surface area contributed by atoms with Crippen LogP contribution in [0.25, 0.3) is 0 Å². The zero-order valence-electron chi connectivity index (χ0n) is 12.5. The van der Waals surface area contributed by atoms with Crippen LogP contribution in [0.15, 0.2) is 24.3 Å². The largest absolute Gasteiger partial charge is 0.480 e. The van der Waals surface area contributed by atoms with Gasteiger partial charge in [-0.25, -0.2) is 0 Å². The van der Waals surface area contributed by atoms with Crippen LogP contribution in [0.4, 0.5) is 13.2 Å². The molecular weight excluding hydrogens is 297 g/mol. The van der Waals surface area contributed by atoms with Gasteiger partial charge in [-0.3, -0.25) is 4.79 Å². The second kappa shape index (κ2) is 6.56. The van der Waals surface area contributed by atoms with Crippen LogP contribution in [0.5, 0.6) is 5.75 Å². The van der Waals surface area contributed by atoms with E-state index in [-0.39, 0.29) is 17.7 Å². The van der Waals surface area contributed by atoms with Crippen molar-refractivity contribution in [3.63, 3.8) is 0 Å². The number of likely N-dealkylation sites (N-methyl/N-ethyl adjacent to an activating group) is 1. The van der Waals surface area contributed by atoms with Crippen LogP contribution in [-0.4, -0.2) is 43.1 Å². The second-order valence-corrected chi connectivity index (χ2v) is 5.35. The molecule has 0 bridgehead atoms. The Labute approximate surface area is 127 Å². The van der Waals surface area contributed by atoms with Crippen molar-refractivity contribution in [3.05, 3.63) is 29.8 Å². The van der Waals surface area contributed by atoms with Gasteiger partial charge in [-0.05, 0) is 32.0 Å². The van der Waals surface area contributed by atoms with Crippen LogP contribution < -0.4 is 10.1 Å². The summed E-state index contributed by atoms with van der Waals surface area (Å²) >= 11 is 0. The minimum absolute atomic E-state index is 0.0522. The Morgan fingerprint density at radius 3 is 2.68 bits per heavy atom. The number of amides is 1. The highest BCUT2D eigenvalue weighted by atomic mass is 19.4. The molecule has 0 radical (unpaired) electrons. The van der Waals surface area contributed by atoms with Gasteiger partial charge in [-0.15, -0.1) is 0 Å². The van der Waals surface area contributed by atoms with Gasteiger partial charge in [0.1, 0.15) is 5.75 Å². The summed E-state index contributed by atoms with van der Waals surface area (Å²) in [7, 11) is 1.65. The van der Waals surface area contributed by atoms with Gasteiger partial charge < -0.3 is 15.0 Å². The molecule has 1 aliphatic rings. The first-order valence-electron chi connectivity index (χ1n) is 7.11. The maximum atomic E-state index is 12.9. The molecular formula is C15H19F3N2O2. The van der Waals surface area contributed by atoms with Crippen LogP contribution in [0.1, 0.15) is 18.9 Å². The molecule has 22 heavy (non-hydrogen) atoms. The van der Waals surface area contributed by atoms with E-state index in [1.54, 1.807) is 11.9 Å². The molecule has 1 saturated heterocycles. The second-order valence-electron chi connectivity index (χ2n) is 5.35. The summed E-state index contributed by atoms with van der Waals surface area (Å²) in [5.74, 6) is -0.653. The van der Waals surface area contributed by atoms with E-state index in [0.29, 0.717) is 6.54 Å². The molecule has 1 aromatic rings. The average molecular weight is 316 g/mol. The molecule has 122 valence electrons. The molecule has 0 spiro atoms. The lowest BCUT2D eigenvalue weighted by Crippen LogP contribution is -2.44. The molecule has 1 aliphatic heterocycles. The monoisotopic (exact) mass is 316 g/mol. The summed E-state index contributed by atoms with van der Waals surface area (Å²) in [4.78, 5) is 13.8. The van der Waals surface area contributed by atoms with Crippen molar-refractivity contribution >= 4 is 5.91 Å². The lowest BCUT2D eigenvalue weighted by Gasteiger charge is -2.27. The molecule has 1 fully saturated rings. The fraction of sp³-hybridized carbons (Fsp3) is 0.533. The Balaban J connectivity index is 2.08. The van der Waals surface area contributed by atoms with Crippen molar-refractivity contribution in [1.29, 1.82) is 0 Å². The van der Waals surface area contributed by atoms with Gasteiger partial charge in [0.2, 0.25) is 0 Å². The molecule has 4 nitrogen and oxygen atoms in total. The fourth-order valence-electron chi connectivity index (χ4n) is 2.48. The van der Waals surface area contributed by atoms with E-state index in [4.69, 9.17) is 4.74 Å². The number of carbonyl (C=O) groups is 1. The van der Waals surface area contributed by atoms with Crippen LogP contribution in [0, 0.1) is 0 Å². The third-order valence-electron chi connectivity index (χ3n) is 3.77. The van der Waals surface area contributed by atoms with Crippen molar-refractivity contribution in [3.8, 4) is 5.75 Å². The molecule has 2 atom stereocenters. The van der Waals surface area contributed by atoms with Crippen molar-refractivity contribution in [2.24, 2.45) is 0 Å². The Morgan fingerprint density at radius 2 is 2.09 bits per heavy atom. The quantitative estimate of drug-likeness (QED) is 0.927. The zero-order valence-corrected chi connectivity index (χ0v) is 12.5. The van der Waals surface area contributed by atoms with E-state index < -0.39 is 17.8 Å².